The molecule has 0 saturated heterocycles. The molecule has 120 valence electrons. The van der Waals surface area contributed by atoms with Crippen LogP contribution in [0.1, 0.15) is 19.4 Å². The number of allylic oxidation sites excluding steroid dienone is 3. The molecule has 0 aliphatic rings. The number of hydrogen-bond acceptors (Lipinski definition) is 3. The lowest BCUT2D eigenvalue weighted by Gasteiger charge is -2.23. The first-order chi connectivity index (χ1) is 10.5. The van der Waals surface area contributed by atoms with Crippen molar-refractivity contribution in [3.05, 3.63) is 71.5 Å². The van der Waals surface area contributed by atoms with Gasteiger partial charge in [-0.1, -0.05) is 36.9 Å². The molecule has 0 aliphatic carbocycles. The van der Waals surface area contributed by atoms with Crippen molar-refractivity contribution in [3.8, 4) is 0 Å². The third kappa shape index (κ3) is 6.12. The number of hydrogen-bond donors (Lipinski definition) is 1. The Morgan fingerprint density at radius 3 is 2.55 bits per heavy atom. The molecule has 0 heterocycles. The van der Waals surface area contributed by atoms with E-state index in [4.69, 9.17) is 17.4 Å². The second-order valence-corrected chi connectivity index (χ2v) is 6.07. The first kappa shape index (κ1) is 18.6. The number of rotatable bonds is 8. The number of ether oxygens (including phenoxy) is 1. The Morgan fingerprint density at radius 2 is 2.00 bits per heavy atom. The maximum absolute atomic E-state index is 5.27. The van der Waals surface area contributed by atoms with E-state index in [1.54, 1.807) is 7.11 Å². The SMILES string of the molecule is C=C(/C(C)=C/C(=C\C)OC)C(S)CN(C)Cc1ccccc1. The molecule has 1 rings (SSSR count). The van der Waals surface area contributed by atoms with Crippen molar-refractivity contribution < 1.29 is 4.74 Å². The standard InChI is InChI=1S/C19H27NOS/c1-6-18(21-5)12-15(2)16(3)19(22)14-20(4)13-17-10-8-7-9-11-17/h6-12,19,22H,3,13-14H2,1-2,4-5H3/b15-12+,18-6+. The second-order valence-electron chi connectivity index (χ2n) is 5.45. The summed E-state index contributed by atoms with van der Waals surface area (Å²) in [6.07, 6.45) is 3.94. The topological polar surface area (TPSA) is 12.5 Å². The van der Waals surface area contributed by atoms with Crippen LogP contribution >= 0.6 is 12.6 Å². The van der Waals surface area contributed by atoms with Gasteiger partial charge in [0.25, 0.3) is 0 Å². The molecule has 0 aliphatic heterocycles. The van der Waals surface area contributed by atoms with E-state index in [9.17, 15) is 0 Å². The maximum atomic E-state index is 5.27. The van der Waals surface area contributed by atoms with E-state index >= 15 is 0 Å². The molecule has 1 aromatic rings. The smallest absolute Gasteiger partial charge is 0.114 e. The van der Waals surface area contributed by atoms with Crippen molar-refractivity contribution in [3.63, 3.8) is 0 Å². The zero-order chi connectivity index (χ0) is 16.5. The highest BCUT2D eigenvalue weighted by atomic mass is 32.1. The fourth-order valence-electron chi connectivity index (χ4n) is 2.19. The predicted octanol–water partition coefficient (Wildman–Crippen LogP) is 4.47. The molecule has 0 amide bonds. The molecule has 0 aromatic heterocycles. The Morgan fingerprint density at radius 1 is 1.36 bits per heavy atom. The zero-order valence-corrected chi connectivity index (χ0v) is 14.9. The second kappa shape index (κ2) is 9.54. The third-order valence-electron chi connectivity index (χ3n) is 3.57. The fraction of sp³-hybridized carbons (Fsp3) is 0.368. The monoisotopic (exact) mass is 317 g/mol. The fourth-order valence-corrected chi connectivity index (χ4v) is 2.68. The van der Waals surface area contributed by atoms with Gasteiger partial charge in [0.15, 0.2) is 0 Å². The largest absolute Gasteiger partial charge is 0.497 e. The van der Waals surface area contributed by atoms with Gasteiger partial charge < -0.3 is 9.64 Å². The maximum Gasteiger partial charge on any atom is 0.114 e. The highest BCUT2D eigenvalue weighted by Gasteiger charge is 2.13. The van der Waals surface area contributed by atoms with E-state index in [2.05, 4.69) is 42.8 Å². The Hall–Kier alpha value is -1.45. The Labute approximate surface area is 140 Å². The van der Waals surface area contributed by atoms with Crippen LogP contribution in [0.5, 0.6) is 0 Å². The van der Waals surface area contributed by atoms with Gasteiger partial charge in [-0.15, -0.1) is 0 Å². The van der Waals surface area contributed by atoms with Crippen LogP contribution in [0, 0.1) is 0 Å². The van der Waals surface area contributed by atoms with E-state index in [1.165, 1.54) is 5.56 Å². The average molecular weight is 317 g/mol. The van der Waals surface area contributed by atoms with E-state index < -0.39 is 0 Å². The first-order valence-corrected chi connectivity index (χ1v) is 7.97. The van der Waals surface area contributed by atoms with Crippen LogP contribution in [-0.2, 0) is 11.3 Å². The molecule has 22 heavy (non-hydrogen) atoms. The van der Waals surface area contributed by atoms with Gasteiger partial charge in [0.05, 0.1) is 7.11 Å². The summed E-state index contributed by atoms with van der Waals surface area (Å²) in [5.41, 5.74) is 3.43. The van der Waals surface area contributed by atoms with Gasteiger partial charge in [0.2, 0.25) is 0 Å². The summed E-state index contributed by atoms with van der Waals surface area (Å²) in [6, 6.07) is 10.4. The molecule has 1 atom stereocenters. The van der Waals surface area contributed by atoms with Crippen molar-refractivity contribution in [2.75, 3.05) is 20.7 Å². The molecule has 0 saturated carbocycles. The Balaban J connectivity index is 2.60. The Kier molecular flexibility index (Phi) is 8.07. The van der Waals surface area contributed by atoms with Gasteiger partial charge in [-0.2, -0.15) is 12.6 Å². The van der Waals surface area contributed by atoms with E-state index in [0.717, 1.165) is 30.0 Å². The minimum Gasteiger partial charge on any atom is -0.497 e. The predicted molar refractivity (Wildman–Crippen MR) is 99.2 cm³/mol. The Bertz CT molecular complexity index is 534. The van der Waals surface area contributed by atoms with Gasteiger partial charge in [0, 0.05) is 18.3 Å². The van der Waals surface area contributed by atoms with Crippen LogP contribution < -0.4 is 0 Å². The van der Waals surface area contributed by atoms with Gasteiger partial charge >= 0.3 is 0 Å². The summed E-state index contributed by atoms with van der Waals surface area (Å²) in [6.45, 7) is 9.94. The van der Waals surface area contributed by atoms with E-state index in [1.807, 2.05) is 32.1 Å². The molecule has 0 bridgehead atoms. The minimum atomic E-state index is 0.0972. The molecular formula is C19H27NOS. The van der Waals surface area contributed by atoms with Crippen LogP contribution in [0.3, 0.4) is 0 Å². The molecule has 0 radical (unpaired) electrons. The van der Waals surface area contributed by atoms with Gasteiger partial charge in [0.1, 0.15) is 5.76 Å². The molecule has 0 fully saturated rings. The molecule has 1 unspecified atom stereocenters. The number of methoxy groups -OCH3 is 1. The summed E-state index contributed by atoms with van der Waals surface area (Å²) in [7, 11) is 3.78. The zero-order valence-electron chi connectivity index (χ0n) is 14.0. The lowest BCUT2D eigenvalue weighted by Crippen LogP contribution is -2.27. The summed E-state index contributed by atoms with van der Waals surface area (Å²) < 4.78 is 5.27. The highest BCUT2D eigenvalue weighted by Crippen LogP contribution is 2.20. The van der Waals surface area contributed by atoms with Crippen LogP contribution in [0.4, 0.5) is 0 Å². The normalized spacial score (nSPS) is 14.1. The molecular weight excluding hydrogens is 290 g/mol. The average Bonchev–Trinajstić information content (AvgIpc) is 2.52. The first-order valence-electron chi connectivity index (χ1n) is 7.46. The number of nitrogens with zero attached hydrogens (tertiary/aromatic N) is 1. The van der Waals surface area contributed by atoms with E-state index in [-0.39, 0.29) is 5.25 Å². The molecule has 0 spiro atoms. The molecule has 0 N–H and O–H groups in total. The van der Waals surface area contributed by atoms with Crippen LogP contribution in [0.15, 0.2) is 66.0 Å². The minimum absolute atomic E-state index is 0.0972. The van der Waals surface area contributed by atoms with Crippen molar-refractivity contribution >= 4 is 12.6 Å². The van der Waals surface area contributed by atoms with Gasteiger partial charge in [-0.05, 0) is 49.8 Å². The molecule has 3 heteroatoms. The quantitative estimate of drug-likeness (QED) is 0.431. The van der Waals surface area contributed by atoms with Crippen molar-refractivity contribution in [2.24, 2.45) is 0 Å². The van der Waals surface area contributed by atoms with Crippen molar-refractivity contribution in [2.45, 2.75) is 25.6 Å². The van der Waals surface area contributed by atoms with Crippen LogP contribution in [0.25, 0.3) is 0 Å². The molecule has 2 nitrogen and oxygen atoms in total. The number of thiol groups is 1. The van der Waals surface area contributed by atoms with Crippen LogP contribution in [-0.4, -0.2) is 30.9 Å². The lowest BCUT2D eigenvalue weighted by molar-refractivity contribution is 0.305. The number of benzene rings is 1. The summed E-state index contributed by atoms with van der Waals surface area (Å²) in [5.74, 6) is 0.844. The van der Waals surface area contributed by atoms with E-state index in [0.29, 0.717) is 0 Å². The summed E-state index contributed by atoms with van der Waals surface area (Å²) in [5, 5.41) is 0.0972. The lowest BCUT2D eigenvalue weighted by atomic mass is 10.0. The van der Waals surface area contributed by atoms with Gasteiger partial charge in [-0.3, -0.25) is 0 Å². The highest BCUT2D eigenvalue weighted by molar-refractivity contribution is 7.81. The van der Waals surface area contributed by atoms with Gasteiger partial charge in [-0.25, -0.2) is 0 Å². The molecule has 1 aromatic carbocycles. The van der Waals surface area contributed by atoms with Crippen molar-refractivity contribution in [1.82, 2.24) is 4.90 Å². The van der Waals surface area contributed by atoms with Crippen molar-refractivity contribution in [1.29, 1.82) is 0 Å². The third-order valence-corrected chi connectivity index (χ3v) is 4.04. The summed E-state index contributed by atoms with van der Waals surface area (Å²) in [4.78, 5) is 2.26. The summed E-state index contributed by atoms with van der Waals surface area (Å²) >= 11 is 4.71. The van der Waals surface area contributed by atoms with Crippen LogP contribution in [0.2, 0.25) is 0 Å².